The number of thiazole rings is 1. The molecule has 1 rings (SSSR count). The van der Waals surface area contributed by atoms with Crippen molar-refractivity contribution < 1.29 is 9.53 Å². The van der Waals surface area contributed by atoms with Crippen LogP contribution in [0.4, 0.5) is 0 Å². The molecule has 1 aromatic rings. The molecule has 0 amide bonds. The molecule has 0 saturated carbocycles. The first kappa shape index (κ1) is 11.4. The van der Waals surface area contributed by atoms with Crippen molar-refractivity contribution in [3.63, 3.8) is 0 Å². The average molecular weight is 235 g/mol. The Bertz CT molecular complexity index is 316. The monoisotopic (exact) mass is 234 g/mol. The highest BCUT2D eigenvalue weighted by molar-refractivity contribution is 7.15. The van der Waals surface area contributed by atoms with Crippen molar-refractivity contribution in [2.45, 2.75) is 19.5 Å². The van der Waals surface area contributed by atoms with Crippen molar-refractivity contribution in [3.8, 4) is 0 Å². The SMILES string of the molecule is COC(=O)C(C)NCc1ncc(Cl)s1. The lowest BCUT2D eigenvalue weighted by atomic mass is 10.3. The average Bonchev–Trinajstić information content (AvgIpc) is 2.59. The minimum Gasteiger partial charge on any atom is -0.468 e. The Kier molecular flexibility index (Phi) is 4.31. The van der Waals surface area contributed by atoms with E-state index in [0.29, 0.717) is 10.9 Å². The van der Waals surface area contributed by atoms with Gasteiger partial charge in [-0.05, 0) is 6.92 Å². The van der Waals surface area contributed by atoms with Crippen LogP contribution < -0.4 is 5.32 Å². The quantitative estimate of drug-likeness (QED) is 0.802. The number of esters is 1. The van der Waals surface area contributed by atoms with Crippen molar-refractivity contribution in [2.24, 2.45) is 0 Å². The molecule has 0 aromatic carbocycles. The van der Waals surface area contributed by atoms with Gasteiger partial charge in [0.2, 0.25) is 0 Å². The molecule has 0 aliphatic heterocycles. The van der Waals surface area contributed by atoms with Gasteiger partial charge in [-0.2, -0.15) is 0 Å². The zero-order valence-corrected chi connectivity index (χ0v) is 9.48. The lowest BCUT2D eigenvalue weighted by molar-refractivity contribution is -0.142. The van der Waals surface area contributed by atoms with Crippen LogP contribution in [0.3, 0.4) is 0 Å². The summed E-state index contributed by atoms with van der Waals surface area (Å²) in [5.41, 5.74) is 0. The molecule has 78 valence electrons. The molecule has 1 atom stereocenters. The van der Waals surface area contributed by atoms with Gasteiger partial charge in [-0.25, -0.2) is 4.98 Å². The molecule has 0 aliphatic rings. The van der Waals surface area contributed by atoms with Crippen LogP contribution in [0.1, 0.15) is 11.9 Å². The van der Waals surface area contributed by atoms with Crippen LogP contribution in [0.2, 0.25) is 4.34 Å². The maximum Gasteiger partial charge on any atom is 0.322 e. The Morgan fingerprint density at radius 3 is 3.07 bits per heavy atom. The van der Waals surface area contributed by atoms with Gasteiger partial charge in [0, 0.05) is 6.54 Å². The van der Waals surface area contributed by atoms with Crippen LogP contribution in [0.5, 0.6) is 0 Å². The topological polar surface area (TPSA) is 51.2 Å². The molecule has 0 fully saturated rings. The summed E-state index contributed by atoms with van der Waals surface area (Å²) in [6.07, 6.45) is 1.59. The van der Waals surface area contributed by atoms with E-state index in [1.54, 1.807) is 13.1 Å². The van der Waals surface area contributed by atoms with Crippen LogP contribution in [-0.2, 0) is 16.1 Å². The Morgan fingerprint density at radius 1 is 1.86 bits per heavy atom. The smallest absolute Gasteiger partial charge is 0.322 e. The largest absolute Gasteiger partial charge is 0.468 e. The van der Waals surface area contributed by atoms with Gasteiger partial charge in [0.05, 0.1) is 13.3 Å². The van der Waals surface area contributed by atoms with Crippen LogP contribution in [-0.4, -0.2) is 24.1 Å². The Morgan fingerprint density at radius 2 is 2.57 bits per heavy atom. The van der Waals surface area contributed by atoms with Gasteiger partial charge < -0.3 is 4.74 Å². The zero-order chi connectivity index (χ0) is 10.6. The molecule has 1 aromatic heterocycles. The van der Waals surface area contributed by atoms with Crippen molar-refractivity contribution in [1.82, 2.24) is 10.3 Å². The highest BCUT2D eigenvalue weighted by atomic mass is 35.5. The molecular formula is C8H11ClN2O2S. The van der Waals surface area contributed by atoms with Crippen LogP contribution in [0.25, 0.3) is 0 Å². The Hall–Kier alpha value is -0.650. The van der Waals surface area contributed by atoms with E-state index in [0.717, 1.165) is 5.01 Å². The highest BCUT2D eigenvalue weighted by Crippen LogP contribution is 2.17. The van der Waals surface area contributed by atoms with E-state index in [4.69, 9.17) is 11.6 Å². The van der Waals surface area contributed by atoms with Gasteiger partial charge in [0.25, 0.3) is 0 Å². The fraction of sp³-hybridized carbons (Fsp3) is 0.500. The zero-order valence-electron chi connectivity index (χ0n) is 7.91. The number of carbonyl (C=O) groups excluding carboxylic acids is 1. The summed E-state index contributed by atoms with van der Waals surface area (Å²) in [5.74, 6) is -0.285. The fourth-order valence-electron chi connectivity index (χ4n) is 0.870. The number of hydrogen-bond donors (Lipinski definition) is 1. The van der Waals surface area contributed by atoms with Gasteiger partial charge in [-0.1, -0.05) is 11.6 Å². The summed E-state index contributed by atoms with van der Waals surface area (Å²) in [5, 5.41) is 3.83. The van der Waals surface area contributed by atoms with E-state index in [2.05, 4.69) is 15.0 Å². The number of hydrogen-bond acceptors (Lipinski definition) is 5. The maximum absolute atomic E-state index is 11.0. The summed E-state index contributed by atoms with van der Waals surface area (Å²) < 4.78 is 5.21. The van der Waals surface area contributed by atoms with Crippen molar-refractivity contribution in [1.29, 1.82) is 0 Å². The predicted molar refractivity (Wildman–Crippen MR) is 55.4 cm³/mol. The number of rotatable bonds is 4. The third-order valence-electron chi connectivity index (χ3n) is 1.64. The number of ether oxygens (including phenoxy) is 1. The summed E-state index contributed by atoms with van der Waals surface area (Å²) in [6.45, 7) is 2.26. The third-order valence-corrected chi connectivity index (χ3v) is 2.75. The van der Waals surface area contributed by atoms with Gasteiger partial charge in [-0.3, -0.25) is 10.1 Å². The Balaban J connectivity index is 2.37. The lowest BCUT2D eigenvalue weighted by Gasteiger charge is -2.09. The molecule has 0 bridgehead atoms. The first-order valence-electron chi connectivity index (χ1n) is 4.05. The number of methoxy groups -OCH3 is 1. The standard InChI is InChI=1S/C8H11ClN2O2S/c1-5(8(12)13-2)10-4-7-11-3-6(9)14-7/h3,5,10H,4H2,1-2H3. The van der Waals surface area contributed by atoms with Gasteiger partial charge in [-0.15, -0.1) is 11.3 Å². The van der Waals surface area contributed by atoms with Gasteiger partial charge >= 0.3 is 5.97 Å². The molecular weight excluding hydrogens is 224 g/mol. The summed E-state index contributed by atoms with van der Waals surface area (Å²) in [6, 6.07) is -0.331. The van der Waals surface area contributed by atoms with Crippen molar-refractivity contribution >= 4 is 28.9 Å². The molecule has 0 spiro atoms. The fourth-order valence-corrected chi connectivity index (χ4v) is 1.78. The highest BCUT2D eigenvalue weighted by Gasteiger charge is 2.12. The molecule has 14 heavy (non-hydrogen) atoms. The van der Waals surface area contributed by atoms with E-state index < -0.39 is 0 Å². The van der Waals surface area contributed by atoms with Gasteiger partial charge in [0.1, 0.15) is 15.4 Å². The molecule has 1 N–H and O–H groups in total. The molecule has 6 heteroatoms. The molecule has 1 heterocycles. The van der Waals surface area contributed by atoms with E-state index in [1.165, 1.54) is 18.4 Å². The number of aromatic nitrogens is 1. The number of nitrogens with zero attached hydrogens (tertiary/aromatic N) is 1. The second-order valence-corrected chi connectivity index (χ2v) is 4.43. The molecule has 0 saturated heterocycles. The first-order chi connectivity index (χ1) is 6.63. The second kappa shape index (κ2) is 5.29. The minimum atomic E-state index is -0.331. The maximum atomic E-state index is 11.0. The lowest BCUT2D eigenvalue weighted by Crippen LogP contribution is -2.34. The molecule has 4 nitrogen and oxygen atoms in total. The van der Waals surface area contributed by atoms with Gasteiger partial charge in [0.15, 0.2) is 0 Å². The molecule has 0 aliphatic carbocycles. The van der Waals surface area contributed by atoms with Crippen LogP contribution in [0, 0.1) is 0 Å². The summed E-state index contributed by atoms with van der Waals surface area (Å²) >= 11 is 7.09. The van der Waals surface area contributed by atoms with E-state index >= 15 is 0 Å². The second-order valence-electron chi connectivity index (χ2n) is 2.68. The van der Waals surface area contributed by atoms with Crippen molar-refractivity contribution in [3.05, 3.63) is 15.5 Å². The summed E-state index contributed by atoms with van der Waals surface area (Å²) in [7, 11) is 1.36. The van der Waals surface area contributed by atoms with E-state index in [9.17, 15) is 4.79 Å². The molecule has 0 radical (unpaired) electrons. The number of nitrogens with one attached hydrogen (secondary N) is 1. The minimum absolute atomic E-state index is 0.285. The third kappa shape index (κ3) is 3.25. The summed E-state index contributed by atoms with van der Waals surface area (Å²) in [4.78, 5) is 15.1. The number of carbonyl (C=O) groups is 1. The van der Waals surface area contributed by atoms with Crippen molar-refractivity contribution in [2.75, 3.05) is 7.11 Å². The van der Waals surface area contributed by atoms with Crippen LogP contribution in [0.15, 0.2) is 6.20 Å². The van der Waals surface area contributed by atoms with Crippen LogP contribution >= 0.6 is 22.9 Å². The number of halogens is 1. The predicted octanol–water partition coefficient (Wildman–Crippen LogP) is 1.45. The van der Waals surface area contributed by atoms with E-state index in [-0.39, 0.29) is 12.0 Å². The van der Waals surface area contributed by atoms with E-state index in [1.807, 2.05) is 0 Å². The first-order valence-corrected chi connectivity index (χ1v) is 5.24. The Labute approximate surface area is 91.2 Å². The normalized spacial score (nSPS) is 12.5. The molecule has 1 unspecified atom stereocenters.